The zero-order valence-corrected chi connectivity index (χ0v) is 8.43. The van der Waals surface area contributed by atoms with Crippen molar-refractivity contribution in [3.63, 3.8) is 0 Å². The molecule has 0 aromatic heterocycles. The second-order valence-corrected chi connectivity index (χ2v) is 3.86. The third-order valence-corrected chi connectivity index (χ3v) is 2.26. The van der Waals surface area contributed by atoms with E-state index in [4.69, 9.17) is 5.11 Å². The van der Waals surface area contributed by atoms with Crippen LogP contribution in [0.2, 0.25) is 0 Å². The SMILES string of the molecule is CN(C)C=C(C=O)[C@@H](C(=O)O)C1CC1. The van der Waals surface area contributed by atoms with Crippen LogP contribution in [-0.4, -0.2) is 36.4 Å². The van der Waals surface area contributed by atoms with E-state index in [0.717, 1.165) is 12.8 Å². The molecule has 0 unspecified atom stereocenters. The van der Waals surface area contributed by atoms with E-state index in [-0.39, 0.29) is 5.92 Å². The molecular formula is C10H15NO3. The van der Waals surface area contributed by atoms with Crippen molar-refractivity contribution in [1.82, 2.24) is 4.90 Å². The first-order chi connectivity index (χ1) is 6.56. The Morgan fingerprint density at radius 3 is 2.36 bits per heavy atom. The molecule has 14 heavy (non-hydrogen) atoms. The average Bonchev–Trinajstić information content (AvgIpc) is 2.85. The molecule has 78 valence electrons. The molecule has 0 spiro atoms. The van der Waals surface area contributed by atoms with Gasteiger partial charge in [0.15, 0.2) is 0 Å². The standard InChI is InChI=1S/C10H15NO3/c1-11(2)5-8(6-12)9(10(13)14)7-3-4-7/h5-7,9H,3-4H2,1-2H3,(H,13,14)/t9-/m0/s1. The molecule has 1 N–H and O–H groups in total. The Hall–Kier alpha value is -1.32. The molecule has 0 bridgehead atoms. The molecule has 4 nitrogen and oxygen atoms in total. The van der Waals surface area contributed by atoms with Crippen molar-refractivity contribution in [3.8, 4) is 0 Å². The molecule has 1 fully saturated rings. The van der Waals surface area contributed by atoms with Crippen LogP contribution in [0.3, 0.4) is 0 Å². The summed E-state index contributed by atoms with van der Waals surface area (Å²) in [5.41, 5.74) is 0.366. The smallest absolute Gasteiger partial charge is 0.311 e. The largest absolute Gasteiger partial charge is 0.481 e. The van der Waals surface area contributed by atoms with Crippen LogP contribution < -0.4 is 0 Å². The van der Waals surface area contributed by atoms with E-state index in [9.17, 15) is 9.59 Å². The first-order valence-corrected chi connectivity index (χ1v) is 4.62. The number of carbonyl (C=O) groups excluding carboxylic acids is 1. The lowest BCUT2D eigenvalue weighted by Crippen LogP contribution is -2.21. The number of hydrogen-bond acceptors (Lipinski definition) is 3. The van der Waals surface area contributed by atoms with Crippen LogP contribution in [-0.2, 0) is 9.59 Å². The quantitative estimate of drug-likeness (QED) is 0.521. The highest BCUT2D eigenvalue weighted by molar-refractivity contribution is 5.86. The van der Waals surface area contributed by atoms with Crippen molar-refractivity contribution in [1.29, 1.82) is 0 Å². The third kappa shape index (κ3) is 2.58. The predicted molar refractivity (Wildman–Crippen MR) is 51.7 cm³/mol. The molecule has 1 aliphatic rings. The lowest BCUT2D eigenvalue weighted by Gasteiger charge is -2.13. The Labute approximate surface area is 83.2 Å². The topological polar surface area (TPSA) is 57.6 Å². The van der Waals surface area contributed by atoms with Crippen LogP contribution in [0.25, 0.3) is 0 Å². The molecule has 0 heterocycles. The van der Waals surface area contributed by atoms with E-state index in [0.29, 0.717) is 11.9 Å². The van der Waals surface area contributed by atoms with E-state index < -0.39 is 11.9 Å². The molecule has 4 heteroatoms. The zero-order valence-electron chi connectivity index (χ0n) is 8.43. The van der Waals surface area contributed by atoms with Gasteiger partial charge in [-0.1, -0.05) is 0 Å². The zero-order chi connectivity index (χ0) is 10.7. The Morgan fingerprint density at radius 1 is 1.50 bits per heavy atom. The monoisotopic (exact) mass is 197 g/mol. The minimum absolute atomic E-state index is 0.156. The minimum atomic E-state index is -0.896. The maximum Gasteiger partial charge on any atom is 0.311 e. The van der Waals surface area contributed by atoms with Crippen molar-refractivity contribution in [3.05, 3.63) is 11.8 Å². The van der Waals surface area contributed by atoms with Crippen LogP contribution in [0.5, 0.6) is 0 Å². The van der Waals surface area contributed by atoms with Gasteiger partial charge in [-0.15, -0.1) is 0 Å². The number of carboxylic acid groups (broad SMARTS) is 1. The van der Waals surface area contributed by atoms with E-state index >= 15 is 0 Å². The number of carbonyl (C=O) groups is 2. The maximum absolute atomic E-state index is 10.9. The minimum Gasteiger partial charge on any atom is -0.481 e. The van der Waals surface area contributed by atoms with E-state index in [2.05, 4.69) is 0 Å². The molecule has 0 amide bonds. The third-order valence-electron chi connectivity index (χ3n) is 2.26. The van der Waals surface area contributed by atoms with E-state index in [1.807, 2.05) is 0 Å². The number of aliphatic carboxylic acids is 1. The molecule has 1 saturated carbocycles. The number of aldehydes is 1. The molecule has 1 aliphatic carbocycles. The van der Waals surface area contributed by atoms with Gasteiger partial charge in [0.1, 0.15) is 6.29 Å². The Morgan fingerprint density at radius 2 is 2.07 bits per heavy atom. The van der Waals surface area contributed by atoms with Crippen molar-refractivity contribution in [2.45, 2.75) is 12.8 Å². The number of hydrogen-bond donors (Lipinski definition) is 1. The fourth-order valence-electron chi connectivity index (χ4n) is 1.53. The summed E-state index contributed by atoms with van der Waals surface area (Å²) in [6, 6.07) is 0. The highest BCUT2D eigenvalue weighted by atomic mass is 16.4. The van der Waals surface area contributed by atoms with Gasteiger partial charge >= 0.3 is 5.97 Å². The fourth-order valence-corrected chi connectivity index (χ4v) is 1.53. The molecule has 0 radical (unpaired) electrons. The van der Waals surface area contributed by atoms with Gasteiger partial charge in [0.25, 0.3) is 0 Å². The van der Waals surface area contributed by atoms with Gasteiger partial charge in [0.2, 0.25) is 0 Å². The van der Waals surface area contributed by atoms with Gasteiger partial charge in [-0.25, -0.2) is 0 Å². The van der Waals surface area contributed by atoms with Crippen LogP contribution in [0.4, 0.5) is 0 Å². The Balaban J connectivity index is 2.83. The molecule has 0 aromatic rings. The number of rotatable bonds is 5. The summed E-state index contributed by atoms with van der Waals surface area (Å²) in [4.78, 5) is 23.4. The van der Waals surface area contributed by atoms with Crippen molar-refractivity contribution < 1.29 is 14.7 Å². The predicted octanol–water partition coefficient (Wildman–Crippen LogP) is 0.742. The molecule has 0 aliphatic heterocycles. The number of carboxylic acids is 1. The van der Waals surface area contributed by atoms with Gasteiger partial charge in [-0.3, -0.25) is 9.59 Å². The lowest BCUT2D eigenvalue weighted by atomic mass is 9.95. The first-order valence-electron chi connectivity index (χ1n) is 4.62. The summed E-state index contributed by atoms with van der Waals surface area (Å²) < 4.78 is 0. The molecular weight excluding hydrogens is 182 g/mol. The second kappa shape index (κ2) is 4.26. The lowest BCUT2D eigenvalue weighted by molar-refractivity contribution is -0.141. The van der Waals surface area contributed by atoms with Crippen LogP contribution in [0, 0.1) is 11.8 Å². The van der Waals surface area contributed by atoms with E-state index in [1.54, 1.807) is 25.2 Å². The Kier molecular flexibility index (Phi) is 3.28. The highest BCUT2D eigenvalue weighted by Gasteiger charge is 2.38. The molecule has 1 rings (SSSR count). The molecule has 0 saturated heterocycles. The summed E-state index contributed by atoms with van der Waals surface area (Å²) in [6.07, 6.45) is 4.06. The number of nitrogens with zero attached hydrogens (tertiary/aromatic N) is 1. The van der Waals surface area contributed by atoms with Crippen LogP contribution in [0.1, 0.15) is 12.8 Å². The summed E-state index contributed by atoms with van der Waals surface area (Å²) >= 11 is 0. The summed E-state index contributed by atoms with van der Waals surface area (Å²) in [6.45, 7) is 0. The van der Waals surface area contributed by atoms with Gasteiger partial charge in [-0.2, -0.15) is 0 Å². The summed E-state index contributed by atoms with van der Waals surface area (Å²) in [5, 5.41) is 8.98. The summed E-state index contributed by atoms with van der Waals surface area (Å²) in [5.74, 6) is -1.36. The van der Waals surface area contributed by atoms with E-state index in [1.165, 1.54) is 0 Å². The average molecular weight is 197 g/mol. The van der Waals surface area contributed by atoms with Gasteiger partial charge < -0.3 is 10.0 Å². The first kappa shape index (κ1) is 10.8. The molecule has 1 atom stereocenters. The molecule has 0 aromatic carbocycles. The highest BCUT2D eigenvalue weighted by Crippen LogP contribution is 2.40. The summed E-state index contributed by atoms with van der Waals surface area (Å²) in [7, 11) is 3.55. The van der Waals surface area contributed by atoms with Crippen LogP contribution >= 0.6 is 0 Å². The fraction of sp³-hybridized carbons (Fsp3) is 0.600. The van der Waals surface area contributed by atoms with Crippen molar-refractivity contribution >= 4 is 12.3 Å². The van der Waals surface area contributed by atoms with Crippen LogP contribution in [0.15, 0.2) is 11.8 Å². The second-order valence-electron chi connectivity index (χ2n) is 3.86. The Bertz CT molecular complexity index is 267. The van der Waals surface area contributed by atoms with Gasteiger partial charge in [0.05, 0.1) is 5.92 Å². The van der Waals surface area contributed by atoms with Crippen molar-refractivity contribution in [2.75, 3.05) is 14.1 Å². The van der Waals surface area contributed by atoms with Gasteiger partial charge in [-0.05, 0) is 18.8 Å². The maximum atomic E-state index is 10.9. The van der Waals surface area contributed by atoms with Crippen molar-refractivity contribution in [2.24, 2.45) is 11.8 Å². The normalized spacial score (nSPS) is 18.9. The van der Waals surface area contributed by atoms with Gasteiger partial charge in [0, 0.05) is 25.9 Å².